The third-order valence-corrected chi connectivity index (χ3v) is 3.69. The van der Waals surface area contributed by atoms with Crippen LogP contribution in [0.25, 0.3) is 11.6 Å². The minimum atomic E-state index is -0.0805. The van der Waals surface area contributed by atoms with Gasteiger partial charge in [0.2, 0.25) is 0 Å². The molecule has 1 heterocycles. The minimum absolute atomic E-state index is 0.0805. The molecule has 2 aromatic rings. The van der Waals surface area contributed by atoms with Crippen molar-refractivity contribution in [1.29, 1.82) is 0 Å². The van der Waals surface area contributed by atoms with Gasteiger partial charge in [-0.1, -0.05) is 39.7 Å². The molecular formula is C15H9BrClNO. The van der Waals surface area contributed by atoms with Gasteiger partial charge in [-0.3, -0.25) is 4.79 Å². The second kappa shape index (κ2) is 4.83. The first-order valence-electron chi connectivity index (χ1n) is 5.72. The van der Waals surface area contributed by atoms with Gasteiger partial charge in [-0.25, -0.2) is 0 Å². The lowest BCUT2D eigenvalue weighted by molar-refractivity contribution is -0.110. The van der Waals surface area contributed by atoms with Gasteiger partial charge in [-0.05, 0) is 42.0 Å². The number of nitrogens with one attached hydrogen (secondary N) is 1. The molecule has 0 aliphatic carbocycles. The van der Waals surface area contributed by atoms with Crippen molar-refractivity contribution in [2.24, 2.45) is 0 Å². The van der Waals surface area contributed by atoms with Crippen LogP contribution in [0.3, 0.4) is 0 Å². The van der Waals surface area contributed by atoms with Gasteiger partial charge in [0.05, 0.1) is 0 Å². The fourth-order valence-corrected chi connectivity index (χ4v) is 2.52. The number of hydrogen-bond donors (Lipinski definition) is 1. The largest absolute Gasteiger partial charge is 0.321 e. The maximum atomic E-state index is 12.0. The Kier molecular flexibility index (Phi) is 3.17. The highest BCUT2D eigenvalue weighted by Gasteiger charge is 2.23. The lowest BCUT2D eigenvalue weighted by atomic mass is 10.0. The number of benzene rings is 2. The number of halogens is 2. The summed E-state index contributed by atoms with van der Waals surface area (Å²) in [5.41, 5.74) is 3.36. The molecule has 1 amide bonds. The average Bonchev–Trinajstić information content (AvgIpc) is 2.69. The normalized spacial score (nSPS) is 15.5. The van der Waals surface area contributed by atoms with Crippen molar-refractivity contribution in [3.8, 4) is 0 Å². The van der Waals surface area contributed by atoms with Crippen molar-refractivity contribution in [3.05, 3.63) is 63.1 Å². The maximum absolute atomic E-state index is 12.0. The summed E-state index contributed by atoms with van der Waals surface area (Å²) in [5, 5.41) is 3.53. The van der Waals surface area contributed by atoms with E-state index in [0.29, 0.717) is 10.6 Å². The Hall–Kier alpha value is -1.58. The third-order valence-electron chi connectivity index (χ3n) is 2.95. The van der Waals surface area contributed by atoms with Gasteiger partial charge in [0.15, 0.2) is 0 Å². The van der Waals surface area contributed by atoms with E-state index in [2.05, 4.69) is 21.2 Å². The summed E-state index contributed by atoms with van der Waals surface area (Å²) < 4.78 is 0.949. The van der Waals surface area contributed by atoms with E-state index >= 15 is 0 Å². The van der Waals surface area contributed by atoms with Crippen molar-refractivity contribution in [1.82, 2.24) is 0 Å². The SMILES string of the molecule is O=C1Nc2ccc(Br)cc2/C1=C/c1ccc(Cl)cc1. The lowest BCUT2D eigenvalue weighted by Gasteiger charge is -2.00. The first-order valence-corrected chi connectivity index (χ1v) is 6.89. The number of anilines is 1. The highest BCUT2D eigenvalue weighted by Crippen LogP contribution is 2.35. The fourth-order valence-electron chi connectivity index (χ4n) is 2.03. The molecule has 0 saturated carbocycles. The molecule has 4 heteroatoms. The van der Waals surface area contributed by atoms with Crippen molar-refractivity contribution in [2.45, 2.75) is 0 Å². The molecular weight excluding hydrogens is 326 g/mol. The third kappa shape index (κ3) is 2.44. The fraction of sp³-hybridized carbons (Fsp3) is 0. The van der Waals surface area contributed by atoms with Crippen LogP contribution in [0, 0.1) is 0 Å². The van der Waals surface area contributed by atoms with Crippen LogP contribution in [0.5, 0.6) is 0 Å². The molecule has 2 aromatic carbocycles. The van der Waals surface area contributed by atoms with E-state index in [1.165, 1.54) is 0 Å². The van der Waals surface area contributed by atoms with Gasteiger partial charge in [-0.2, -0.15) is 0 Å². The monoisotopic (exact) mass is 333 g/mol. The number of carbonyl (C=O) groups is 1. The first-order chi connectivity index (χ1) is 9.13. The molecule has 2 nitrogen and oxygen atoms in total. The Balaban J connectivity index is 2.08. The summed E-state index contributed by atoms with van der Waals surface area (Å²) >= 11 is 9.28. The minimum Gasteiger partial charge on any atom is -0.321 e. The molecule has 94 valence electrons. The van der Waals surface area contributed by atoms with Crippen LogP contribution in [0.15, 0.2) is 46.9 Å². The van der Waals surface area contributed by atoms with Crippen molar-refractivity contribution in [2.75, 3.05) is 5.32 Å². The summed E-state index contributed by atoms with van der Waals surface area (Å²) in [6.07, 6.45) is 1.87. The molecule has 1 aliphatic rings. The zero-order chi connectivity index (χ0) is 13.4. The summed E-state index contributed by atoms with van der Waals surface area (Å²) in [6.45, 7) is 0. The Morgan fingerprint density at radius 1 is 1.11 bits per heavy atom. The molecule has 19 heavy (non-hydrogen) atoms. The van der Waals surface area contributed by atoms with E-state index in [0.717, 1.165) is 21.3 Å². The second-order valence-corrected chi connectivity index (χ2v) is 5.61. The molecule has 0 radical (unpaired) electrons. The molecule has 1 aliphatic heterocycles. The molecule has 0 saturated heterocycles. The molecule has 0 unspecified atom stereocenters. The molecule has 0 aromatic heterocycles. The zero-order valence-corrected chi connectivity index (χ0v) is 12.1. The van der Waals surface area contributed by atoms with Crippen LogP contribution >= 0.6 is 27.5 Å². The second-order valence-electron chi connectivity index (χ2n) is 4.25. The summed E-state index contributed by atoms with van der Waals surface area (Å²) in [5.74, 6) is -0.0805. The van der Waals surface area contributed by atoms with E-state index in [-0.39, 0.29) is 5.91 Å². The van der Waals surface area contributed by atoms with E-state index in [1.54, 1.807) is 0 Å². The molecule has 1 N–H and O–H groups in total. The van der Waals surface area contributed by atoms with Gasteiger partial charge in [0.25, 0.3) is 5.91 Å². The quantitative estimate of drug-likeness (QED) is 0.759. The van der Waals surface area contributed by atoms with Crippen LogP contribution in [-0.4, -0.2) is 5.91 Å². The topological polar surface area (TPSA) is 29.1 Å². The van der Waals surface area contributed by atoms with Gasteiger partial charge in [0.1, 0.15) is 0 Å². The zero-order valence-electron chi connectivity index (χ0n) is 9.78. The van der Waals surface area contributed by atoms with Crippen LogP contribution in [0.4, 0.5) is 5.69 Å². The molecule has 0 spiro atoms. The van der Waals surface area contributed by atoms with E-state index in [9.17, 15) is 4.79 Å². The number of amides is 1. The lowest BCUT2D eigenvalue weighted by Crippen LogP contribution is -2.03. The number of carbonyl (C=O) groups excluding carboxylic acids is 1. The Bertz CT molecular complexity index is 692. The Labute approximate surface area is 124 Å². The van der Waals surface area contributed by atoms with Crippen molar-refractivity contribution in [3.63, 3.8) is 0 Å². The highest BCUT2D eigenvalue weighted by molar-refractivity contribution is 9.10. The van der Waals surface area contributed by atoms with Crippen molar-refractivity contribution < 1.29 is 4.79 Å². The average molecular weight is 335 g/mol. The van der Waals surface area contributed by atoms with E-state index in [4.69, 9.17) is 11.6 Å². The number of fused-ring (bicyclic) bond motifs is 1. The van der Waals surface area contributed by atoms with Gasteiger partial charge < -0.3 is 5.32 Å². The maximum Gasteiger partial charge on any atom is 0.256 e. The summed E-state index contributed by atoms with van der Waals surface area (Å²) in [4.78, 5) is 12.0. The Morgan fingerprint density at radius 2 is 1.84 bits per heavy atom. The summed E-state index contributed by atoms with van der Waals surface area (Å²) in [6, 6.07) is 13.1. The molecule has 0 atom stereocenters. The van der Waals surface area contributed by atoms with Crippen molar-refractivity contribution >= 4 is 50.8 Å². The van der Waals surface area contributed by atoms with Gasteiger partial charge in [-0.15, -0.1) is 0 Å². The number of rotatable bonds is 1. The van der Waals surface area contributed by atoms with Gasteiger partial charge >= 0.3 is 0 Å². The van der Waals surface area contributed by atoms with E-state index in [1.807, 2.05) is 48.5 Å². The first kappa shape index (κ1) is 12.5. The molecule has 0 bridgehead atoms. The standard InChI is InChI=1S/C15H9BrClNO/c16-10-3-6-14-12(8-10)13(15(19)18-14)7-9-1-4-11(17)5-2-9/h1-8H,(H,18,19)/b13-7-. The van der Waals surface area contributed by atoms with Gasteiger partial charge in [0, 0.05) is 26.3 Å². The smallest absolute Gasteiger partial charge is 0.256 e. The van der Waals surface area contributed by atoms with E-state index < -0.39 is 0 Å². The predicted octanol–water partition coefficient (Wildman–Crippen LogP) is 4.60. The predicted molar refractivity (Wildman–Crippen MR) is 82.1 cm³/mol. The van der Waals surface area contributed by atoms with Crippen LogP contribution in [0.2, 0.25) is 5.02 Å². The molecule has 0 fully saturated rings. The summed E-state index contributed by atoms with van der Waals surface area (Å²) in [7, 11) is 0. The number of hydrogen-bond acceptors (Lipinski definition) is 1. The molecule has 3 rings (SSSR count). The highest BCUT2D eigenvalue weighted by atomic mass is 79.9. The van der Waals surface area contributed by atoms with Crippen LogP contribution in [0.1, 0.15) is 11.1 Å². The van der Waals surface area contributed by atoms with Crippen LogP contribution in [-0.2, 0) is 4.79 Å². The Morgan fingerprint density at radius 3 is 2.58 bits per heavy atom. The van der Waals surface area contributed by atoms with Crippen LogP contribution < -0.4 is 5.32 Å².